The summed E-state index contributed by atoms with van der Waals surface area (Å²) in [7, 11) is -3.77. The van der Waals surface area contributed by atoms with Crippen molar-refractivity contribution in [3.8, 4) is 0 Å². The molecule has 0 aliphatic carbocycles. The van der Waals surface area contributed by atoms with Crippen molar-refractivity contribution < 1.29 is 18.3 Å². The van der Waals surface area contributed by atoms with Gasteiger partial charge in [-0.2, -0.15) is 0 Å². The van der Waals surface area contributed by atoms with Gasteiger partial charge in [-0.1, -0.05) is 0 Å². The molecule has 0 radical (unpaired) electrons. The van der Waals surface area contributed by atoms with E-state index in [0.29, 0.717) is 0 Å². The minimum atomic E-state index is -3.77. The molecule has 6 heteroatoms. The van der Waals surface area contributed by atoms with Crippen LogP contribution in [0.2, 0.25) is 0 Å². The van der Waals surface area contributed by atoms with Crippen LogP contribution >= 0.6 is 0 Å². The first-order chi connectivity index (χ1) is 5.56. The van der Waals surface area contributed by atoms with Gasteiger partial charge in [0, 0.05) is 5.54 Å². The quantitative estimate of drug-likeness (QED) is 0.694. The van der Waals surface area contributed by atoms with E-state index in [1.807, 2.05) is 0 Å². The molecule has 0 rings (SSSR count). The molecule has 1 unspecified atom stereocenters. The van der Waals surface area contributed by atoms with Crippen LogP contribution in [-0.2, 0) is 14.8 Å². The van der Waals surface area contributed by atoms with Crippen LogP contribution in [0.3, 0.4) is 0 Å². The van der Waals surface area contributed by atoms with Gasteiger partial charge in [-0.3, -0.25) is 4.79 Å². The van der Waals surface area contributed by atoms with E-state index in [1.54, 1.807) is 20.8 Å². The molecular weight excluding hydrogens is 194 g/mol. The summed E-state index contributed by atoms with van der Waals surface area (Å²) < 4.78 is 24.9. The smallest absolute Gasteiger partial charge is 0.323 e. The lowest BCUT2D eigenvalue weighted by atomic mass is 10.1. The van der Waals surface area contributed by atoms with E-state index in [-0.39, 0.29) is 0 Å². The molecule has 0 fully saturated rings. The lowest BCUT2D eigenvalue weighted by Gasteiger charge is -2.21. The van der Waals surface area contributed by atoms with Gasteiger partial charge in [-0.15, -0.1) is 0 Å². The lowest BCUT2D eigenvalue weighted by molar-refractivity contribution is -0.136. The van der Waals surface area contributed by atoms with Crippen molar-refractivity contribution in [1.82, 2.24) is 4.72 Å². The summed E-state index contributed by atoms with van der Waals surface area (Å²) in [6, 6.07) is 0. The van der Waals surface area contributed by atoms with Gasteiger partial charge >= 0.3 is 5.97 Å². The van der Waals surface area contributed by atoms with Crippen LogP contribution in [0.4, 0.5) is 0 Å². The zero-order valence-electron chi connectivity index (χ0n) is 8.16. The molecule has 0 aliphatic rings. The topological polar surface area (TPSA) is 83.5 Å². The second-order valence-electron chi connectivity index (χ2n) is 3.88. The molecule has 0 aromatic carbocycles. The second-order valence-corrected chi connectivity index (χ2v) is 5.88. The molecule has 2 N–H and O–H groups in total. The van der Waals surface area contributed by atoms with Crippen LogP contribution in [0.25, 0.3) is 0 Å². The molecular formula is C7H15NO4S. The van der Waals surface area contributed by atoms with E-state index >= 15 is 0 Å². The summed E-state index contributed by atoms with van der Waals surface area (Å²) in [5, 5.41) is 7.07. The highest BCUT2D eigenvalue weighted by Crippen LogP contribution is 2.06. The fourth-order valence-electron chi connectivity index (χ4n) is 0.648. The first-order valence-corrected chi connectivity index (χ1v) is 5.36. The Morgan fingerprint density at radius 3 is 2.00 bits per heavy atom. The van der Waals surface area contributed by atoms with Gasteiger partial charge in [0.25, 0.3) is 0 Å². The SMILES string of the molecule is CC(C(=O)O)S(=O)(=O)NC(C)(C)C. The van der Waals surface area contributed by atoms with Gasteiger partial charge in [0.2, 0.25) is 10.0 Å². The van der Waals surface area contributed by atoms with Crippen molar-refractivity contribution in [2.45, 2.75) is 38.5 Å². The number of aliphatic carboxylic acids is 1. The fraction of sp³-hybridized carbons (Fsp3) is 0.857. The summed E-state index contributed by atoms with van der Waals surface area (Å²) in [4.78, 5) is 10.4. The number of nitrogens with one attached hydrogen (secondary N) is 1. The van der Waals surface area contributed by atoms with Crippen molar-refractivity contribution in [1.29, 1.82) is 0 Å². The number of rotatable bonds is 3. The molecule has 0 aromatic rings. The average molecular weight is 209 g/mol. The van der Waals surface area contributed by atoms with Crippen molar-refractivity contribution in [3.63, 3.8) is 0 Å². The van der Waals surface area contributed by atoms with Crippen LogP contribution < -0.4 is 4.72 Å². The third kappa shape index (κ3) is 4.23. The Balaban J connectivity index is 4.71. The maximum atomic E-state index is 11.3. The van der Waals surface area contributed by atoms with Gasteiger partial charge in [0.05, 0.1) is 0 Å². The number of hydrogen-bond acceptors (Lipinski definition) is 3. The van der Waals surface area contributed by atoms with Crippen molar-refractivity contribution in [2.24, 2.45) is 0 Å². The highest BCUT2D eigenvalue weighted by Gasteiger charge is 2.30. The predicted molar refractivity (Wildman–Crippen MR) is 48.9 cm³/mol. The van der Waals surface area contributed by atoms with E-state index in [0.717, 1.165) is 6.92 Å². The Morgan fingerprint density at radius 2 is 1.77 bits per heavy atom. The van der Waals surface area contributed by atoms with E-state index in [1.165, 1.54) is 0 Å². The van der Waals surface area contributed by atoms with Crippen LogP contribution in [0.15, 0.2) is 0 Å². The van der Waals surface area contributed by atoms with Crippen LogP contribution in [0.5, 0.6) is 0 Å². The Kier molecular flexibility index (Phi) is 3.46. The third-order valence-electron chi connectivity index (χ3n) is 1.26. The molecule has 5 nitrogen and oxygen atoms in total. The third-order valence-corrected chi connectivity index (χ3v) is 3.29. The van der Waals surface area contributed by atoms with Gasteiger partial charge in [0.15, 0.2) is 5.25 Å². The zero-order valence-corrected chi connectivity index (χ0v) is 8.97. The second kappa shape index (κ2) is 3.63. The van der Waals surface area contributed by atoms with Gasteiger partial charge in [-0.25, -0.2) is 13.1 Å². The van der Waals surface area contributed by atoms with Crippen molar-refractivity contribution in [3.05, 3.63) is 0 Å². The molecule has 0 heterocycles. The highest BCUT2D eigenvalue weighted by molar-refractivity contribution is 7.90. The predicted octanol–water partition coefficient (Wildman–Crippen LogP) is 0.177. The van der Waals surface area contributed by atoms with Gasteiger partial charge < -0.3 is 5.11 Å². The number of sulfonamides is 1. The Hall–Kier alpha value is -0.620. The summed E-state index contributed by atoms with van der Waals surface area (Å²) in [5.41, 5.74) is -0.650. The monoisotopic (exact) mass is 209 g/mol. The Labute approximate surface area is 78.2 Å². The molecule has 0 spiro atoms. The maximum Gasteiger partial charge on any atom is 0.323 e. The van der Waals surface area contributed by atoms with Crippen LogP contribution in [-0.4, -0.2) is 30.3 Å². The van der Waals surface area contributed by atoms with E-state index < -0.39 is 26.8 Å². The molecule has 0 aromatic heterocycles. The molecule has 0 aliphatic heterocycles. The molecule has 0 bridgehead atoms. The Morgan fingerprint density at radius 1 is 1.38 bits per heavy atom. The minimum Gasteiger partial charge on any atom is -0.480 e. The van der Waals surface area contributed by atoms with E-state index in [4.69, 9.17) is 5.11 Å². The van der Waals surface area contributed by atoms with Crippen molar-refractivity contribution >= 4 is 16.0 Å². The molecule has 13 heavy (non-hydrogen) atoms. The highest BCUT2D eigenvalue weighted by atomic mass is 32.2. The molecule has 0 saturated carbocycles. The number of carbonyl (C=O) groups is 1. The van der Waals surface area contributed by atoms with E-state index in [9.17, 15) is 13.2 Å². The Bertz CT molecular complexity index is 288. The molecule has 78 valence electrons. The first-order valence-electron chi connectivity index (χ1n) is 3.82. The number of hydrogen-bond donors (Lipinski definition) is 2. The lowest BCUT2D eigenvalue weighted by Crippen LogP contribution is -2.46. The fourth-order valence-corrected chi connectivity index (χ4v) is 1.94. The average Bonchev–Trinajstić information content (AvgIpc) is 1.80. The molecule has 0 amide bonds. The summed E-state index contributed by atoms with van der Waals surface area (Å²) in [6.07, 6.45) is 0. The van der Waals surface area contributed by atoms with Crippen LogP contribution in [0, 0.1) is 0 Å². The van der Waals surface area contributed by atoms with E-state index in [2.05, 4.69) is 4.72 Å². The maximum absolute atomic E-state index is 11.3. The minimum absolute atomic E-state index is 0.650. The number of carboxylic acid groups (broad SMARTS) is 1. The molecule has 1 atom stereocenters. The van der Waals surface area contributed by atoms with Gasteiger partial charge in [-0.05, 0) is 27.7 Å². The standard InChI is InChI=1S/C7H15NO4S/c1-5(6(9)10)13(11,12)8-7(2,3)4/h5,8H,1-4H3,(H,9,10). The van der Waals surface area contributed by atoms with Crippen LogP contribution in [0.1, 0.15) is 27.7 Å². The van der Waals surface area contributed by atoms with Gasteiger partial charge in [0.1, 0.15) is 0 Å². The number of carboxylic acids is 1. The molecule has 0 saturated heterocycles. The summed E-state index contributed by atoms with van der Waals surface area (Å²) >= 11 is 0. The zero-order chi connectivity index (χ0) is 10.9. The van der Waals surface area contributed by atoms with Crippen molar-refractivity contribution in [2.75, 3.05) is 0 Å². The largest absolute Gasteiger partial charge is 0.480 e. The normalized spacial score (nSPS) is 15.4. The first kappa shape index (κ1) is 12.4. The summed E-state index contributed by atoms with van der Waals surface area (Å²) in [6.45, 7) is 6.09. The summed E-state index contributed by atoms with van der Waals surface area (Å²) in [5.74, 6) is -1.35.